The zero-order chi connectivity index (χ0) is 23.3. The molecule has 0 radical (unpaired) electrons. The number of benzene rings is 3. The highest BCUT2D eigenvalue weighted by Gasteiger charge is 2.22. The second-order valence-corrected chi connectivity index (χ2v) is 14.8. The first-order valence-corrected chi connectivity index (χ1v) is 14.7. The van der Waals surface area contributed by atoms with Gasteiger partial charge in [-0.25, -0.2) is 4.57 Å². The topological polar surface area (TPSA) is 40.8 Å². The Labute approximate surface area is 195 Å². The van der Waals surface area contributed by atoms with E-state index in [2.05, 4.69) is 85.7 Å². The van der Waals surface area contributed by atoms with Gasteiger partial charge in [-0.2, -0.15) is 5.26 Å². The van der Waals surface area contributed by atoms with Gasteiger partial charge in [-0.05, 0) is 41.8 Å². The summed E-state index contributed by atoms with van der Waals surface area (Å²) in [6.45, 7) is 9.15. The molecule has 3 aromatic carbocycles. The highest BCUT2D eigenvalue weighted by Crippen LogP contribution is 2.39. The van der Waals surface area contributed by atoms with Crippen LogP contribution in [0.2, 0.25) is 19.6 Å². The molecule has 2 heterocycles. The first-order chi connectivity index (χ1) is 15.8. The maximum absolute atomic E-state index is 10.0. The van der Waals surface area contributed by atoms with E-state index in [4.69, 9.17) is 4.42 Å². The molecule has 3 nitrogen and oxygen atoms in total. The van der Waals surface area contributed by atoms with Gasteiger partial charge >= 0.3 is 0 Å². The number of hydrogen-bond acceptors (Lipinski definition) is 2. The normalized spacial score (nSPS) is 11.8. The van der Waals surface area contributed by atoms with E-state index >= 15 is 0 Å². The average Bonchev–Trinajstić information content (AvgIpc) is 3.17. The largest absolute Gasteiger partial charge is 0.455 e. The van der Waals surface area contributed by atoms with Gasteiger partial charge in [-0.3, -0.25) is 0 Å². The van der Waals surface area contributed by atoms with Crippen LogP contribution in [0.25, 0.3) is 44.3 Å². The molecular formula is C29H27N2OSi+. The molecular weight excluding hydrogens is 420 g/mol. The van der Waals surface area contributed by atoms with Crippen molar-refractivity contribution in [3.05, 3.63) is 84.1 Å². The number of nitriles is 1. The van der Waals surface area contributed by atoms with E-state index in [1.165, 1.54) is 5.19 Å². The lowest BCUT2D eigenvalue weighted by atomic mass is 9.97. The van der Waals surface area contributed by atoms with E-state index in [9.17, 15) is 5.26 Å². The number of hydrogen-bond donors (Lipinski definition) is 0. The van der Waals surface area contributed by atoms with Crippen LogP contribution in [-0.2, 0) is 7.05 Å². The van der Waals surface area contributed by atoms with Crippen LogP contribution in [-0.4, -0.2) is 8.07 Å². The molecule has 0 fully saturated rings. The fourth-order valence-corrected chi connectivity index (χ4v) is 5.75. The molecule has 5 aromatic rings. The number of fused-ring (bicyclic) bond motifs is 3. The van der Waals surface area contributed by atoms with E-state index in [1.807, 2.05) is 31.4 Å². The number of rotatable bonds is 3. The van der Waals surface area contributed by atoms with Crippen LogP contribution in [0.5, 0.6) is 0 Å². The summed E-state index contributed by atoms with van der Waals surface area (Å²) in [7, 11) is 0.678. The highest BCUT2D eigenvalue weighted by atomic mass is 28.3. The van der Waals surface area contributed by atoms with Crippen LogP contribution in [0.3, 0.4) is 0 Å². The number of nitrogens with zero attached hydrogens (tertiary/aromatic N) is 2. The molecule has 162 valence electrons. The van der Waals surface area contributed by atoms with Crippen LogP contribution in [0.15, 0.2) is 77.3 Å². The van der Waals surface area contributed by atoms with Crippen molar-refractivity contribution in [3.8, 4) is 28.5 Å². The summed E-state index contributed by atoms with van der Waals surface area (Å²) in [4.78, 5) is 0. The predicted octanol–water partition coefficient (Wildman–Crippen LogP) is 6.47. The summed E-state index contributed by atoms with van der Waals surface area (Å²) < 4.78 is 8.60. The Kier molecular flexibility index (Phi) is 4.95. The molecule has 5 rings (SSSR count). The quantitative estimate of drug-likeness (QED) is 0.235. The Bertz CT molecular complexity index is 1560. The molecule has 0 aliphatic carbocycles. The van der Waals surface area contributed by atoms with Gasteiger partial charge < -0.3 is 4.42 Å². The summed E-state index contributed by atoms with van der Waals surface area (Å²) in [5, 5.41) is 13.3. The van der Waals surface area contributed by atoms with Gasteiger partial charge in [0.2, 0.25) is 5.69 Å². The van der Waals surface area contributed by atoms with Gasteiger partial charge in [0, 0.05) is 22.9 Å². The molecule has 4 heteroatoms. The third kappa shape index (κ3) is 3.55. The second-order valence-electron chi connectivity index (χ2n) is 9.77. The van der Waals surface area contributed by atoms with Crippen molar-refractivity contribution in [1.82, 2.24) is 0 Å². The van der Waals surface area contributed by atoms with Crippen molar-refractivity contribution in [2.24, 2.45) is 7.05 Å². The zero-order valence-corrected chi connectivity index (χ0v) is 20.7. The molecule has 0 saturated carbocycles. The molecule has 0 bridgehead atoms. The third-order valence-electron chi connectivity index (χ3n) is 6.47. The smallest absolute Gasteiger partial charge is 0.216 e. The Balaban J connectivity index is 1.76. The lowest BCUT2D eigenvalue weighted by molar-refractivity contribution is -0.660. The summed E-state index contributed by atoms with van der Waals surface area (Å²) in [5.74, 6) is 0. The predicted molar refractivity (Wildman–Crippen MR) is 138 cm³/mol. The van der Waals surface area contributed by atoms with Crippen LogP contribution < -0.4 is 9.75 Å². The average molecular weight is 448 g/mol. The van der Waals surface area contributed by atoms with Gasteiger partial charge in [0.15, 0.2) is 6.20 Å². The van der Waals surface area contributed by atoms with Gasteiger partial charge in [0.25, 0.3) is 0 Å². The fourth-order valence-electron chi connectivity index (χ4n) is 4.59. The van der Waals surface area contributed by atoms with E-state index in [-0.39, 0.29) is 0 Å². The van der Waals surface area contributed by atoms with Crippen molar-refractivity contribution in [1.29, 1.82) is 5.26 Å². The molecule has 0 N–H and O–H groups in total. The minimum atomic E-state index is -1.36. The summed E-state index contributed by atoms with van der Waals surface area (Å²) in [5.41, 5.74) is 7.61. The monoisotopic (exact) mass is 447 g/mol. The molecule has 0 saturated heterocycles. The van der Waals surface area contributed by atoms with Gasteiger partial charge in [0.05, 0.1) is 25.3 Å². The van der Waals surface area contributed by atoms with Crippen LogP contribution in [0.1, 0.15) is 11.1 Å². The van der Waals surface area contributed by atoms with Crippen LogP contribution in [0, 0.1) is 18.3 Å². The Morgan fingerprint density at radius 2 is 1.67 bits per heavy atom. The Morgan fingerprint density at radius 3 is 2.33 bits per heavy atom. The van der Waals surface area contributed by atoms with Crippen molar-refractivity contribution in [3.63, 3.8) is 0 Å². The SMILES string of the molecule is Cc1ccc2c(oc3cc(-c4ccc([Si](C)(C)C)cc4)cc(C#N)c32)c1-c1cccc[n+]1C. The van der Waals surface area contributed by atoms with Gasteiger partial charge in [-0.15, -0.1) is 0 Å². The molecule has 0 atom stereocenters. The Morgan fingerprint density at radius 1 is 0.909 bits per heavy atom. The third-order valence-corrected chi connectivity index (χ3v) is 8.53. The summed E-state index contributed by atoms with van der Waals surface area (Å²) in [6.07, 6.45) is 2.04. The maximum atomic E-state index is 10.0. The van der Waals surface area contributed by atoms with Gasteiger partial charge in [-0.1, -0.05) is 61.2 Å². The molecule has 0 aliphatic rings. The maximum Gasteiger partial charge on any atom is 0.216 e. The molecule has 33 heavy (non-hydrogen) atoms. The number of aryl methyl sites for hydroxylation is 2. The van der Waals surface area contributed by atoms with Gasteiger partial charge in [0.1, 0.15) is 18.2 Å². The molecule has 0 spiro atoms. The summed E-state index contributed by atoms with van der Waals surface area (Å²) in [6, 6.07) is 25.6. The lowest BCUT2D eigenvalue weighted by Crippen LogP contribution is -2.37. The minimum Gasteiger partial charge on any atom is -0.455 e. The number of furan rings is 1. The first-order valence-electron chi connectivity index (χ1n) is 11.2. The zero-order valence-electron chi connectivity index (χ0n) is 19.7. The number of pyridine rings is 1. The molecule has 0 aliphatic heterocycles. The Hall–Kier alpha value is -3.68. The van der Waals surface area contributed by atoms with Crippen molar-refractivity contribution in [2.75, 3.05) is 0 Å². The molecule has 0 unspecified atom stereocenters. The fraction of sp³-hybridized carbons (Fsp3) is 0.172. The lowest BCUT2D eigenvalue weighted by Gasteiger charge is -2.16. The molecule has 2 aromatic heterocycles. The van der Waals surface area contributed by atoms with Crippen LogP contribution in [0.4, 0.5) is 0 Å². The van der Waals surface area contributed by atoms with Crippen molar-refractivity contribution < 1.29 is 8.98 Å². The van der Waals surface area contributed by atoms with E-state index < -0.39 is 8.07 Å². The van der Waals surface area contributed by atoms with E-state index in [1.54, 1.807) is 0 Å². The van der Waals surface area contributed by atoms with Crippen molar-refractivity contribution >= 4 is 35.2 Å². The van der Waals surface area contributed by atoms with E-state index in [0.717, 1.165) is 49.9 Å². The molecule has 0 amide bonds. The van der Waals surface area contributed by atoms with Crippen LogP contribution >= 0.6 is 0 Å². The first kappa shape index (κ1) is 21.2. The highest BCUT2D eigenvalue weighted by molar-refractivity contribution is 6.88. The van der Waals surface area contributed by atoms with Crippen molar-refractivity contribution in [2.45, 2.75) is 26.6 Å². The minimum absolute atomic E-state index is 0.641. The second kappa shape index (κ2) is 7.72. The standard InChI is InChI=1S/C29H27N2OSi/c1-19-9-14-24-28-22(18-30)16-21(20-10-12-23(13-11-20)33(3,4)5)17-26(28)32-29(24)27(19)25-8-6-7-15-31(25)2/h6-17H,1-5H3/q+1. The number of aromatic nitrogens is 1. The van der Waals surface area contributed by atoms with E-state index in [0.29, 0.717) is 5.56 Å². The summed E-state index contributed by atoms with van der Waals surface area (Å²) >= 11 is 0.